The minimum absolute atomic E-state index is 0.149. The molecular weight excluding hydrogens is 378 g/mol. The molecule has 0 aliphatic carbocycles. The highest BCUT2D eigenvalue weighted by Gasteiger charge is 2.22. The molecule has 1 heterocycles. The van der Waals surface area contributed by atoms with Crippen LogP contribution in [-0.4, -0.2) is 31.0 Å². The predicted octanol–water partition coefficient (Wildman–Crippen LogP) is 3.97. The van der Waals surface area contributed by atoms with Crippen molar-refractivity contribution in [1.29, 1.82) is 0 Å². The fraction of sp³-hybridized carbons (Fsp3) is 0.222. The molecular formula is C18H16ClNO5S. The number of ether oxygens (including phenoxy) is 3. The number of halogens is 1. The van der Waals surface area contributed by atoms with Crippen molar-refractivity contribution in [3.05, 3.63) is 47.0 Å². The number of nitrogens with one attached hydrogen (secondary N) is 1. The van der Waals surface area contributed by atoms with E-state index in [2.05, 4.69) is 5.32 Å². The van der Waals surface area contributed by atoms with Crippen molar-refractivity contribution >= 4 is 40.9 Å². The highest BCUT2D eigenvalue weighted by molar-refractivity contribution is 7.98. The lowest BCUT2D eigenvalue weighted by atomic mass is 10.2. The predicted molar refractivity (Wildman–Crippen MR) is 99.3 cm³/mol. The minimum atomic E-state index is -0.998. The summed E-state index contributed by atoms with van der Waals surface area (Å²) >= 11 is 7.54. The summed E-state index contributed by atoms with van der Waals surface area (Å²) in [5.74, 6) is 0.0486. The van der Waals surface area contributed by atoms with Crippen LogP contribution >= 0.6 is 23.4 Å². The Morgan fingerprint density at radius 3 is 2.73 bits per heavy atom. The second-order valence-corrected chi connectivity index (χ2v) is 6.74. The molecule has 6 nitrogen and oxygen atoms in total. The van der Waals surface area contributed by atoms with Crippen molar-refractivity contribution in [2.24, 2.45) is 0 Å². The van der Waals surface area contributed by atoms with Crippen LogP contribution in [0, 0.1) is 0 Å². The van der Waals surface area contributed by atoms with Gasteiger partial charge in [0.05, 0.1) is 10.6 Å². The van der Waals surface area contributed by atoms with Gasteiger partial charge >= 0.3 is 5.97 Å². The number of carbonyl (C=O) groups is 2. The first-order valence-electron chi connectivity index (χ1n) is 7.73. The van der Waals surface area contributed by atoms with Crippen molar-refractivity contribution in [1.82, 2.24) is 0 Å². The molecule has 2 aromatic rings. The molecule has 0 radical (unpaired) electrons. The molecule has 26 heavy (non-hydrogen) atoms. The largest absolute Gasteiger partial charge is 0.454 e. The van der Waals surface area contributed by atoms with Gasteiger partial charge in [0.15, 0.2) is 17.6 Å². The standard InChI is InChI=1S/C18H16ClNO5S/c1-10(25-18(22)13-8-12(26-2)4-5-14(13)19)17(21)20-11-3-6-15-16(7-11)24-9-23-15/h3-8,10H,9H2,1-2H3,(H,20,21)/t10-/m1/s1. The number of thioether (sulfide) groups is 1. The van der Waals surface area contributed by atoms with Gasteiger partial charge in [-0.15, -0.1) is 11.8 Å². The Morgan fingerprint density at radius 2 is 1.96 bits per heavy atom. The van der Waals surface area contributed by atoms with Crippen molar-refractivity contribution in [2.45, 2.75) is 17.9 Å². The molecule has 1 aliphatic heterocycles. The van der Waals surface area contributed by atoms with E-state index in [-0.39, 0.29) is 17.4 Å². The van der Waals surface area contributed by atoms with Gasteiger partial charge in [-0.05, 0) is 43.5 Å². The highest BCUT2D eigenvalue weighted by atomic mass is 35.5. The van der Waals surface area contributed by atoms with Gasteiger partial charge in [-0.3, -0.25) is 4.79 Å². The summed E-state index contributed by atoms with van der Waals surface area (Å²) in [4.78, 5) is 25.5. The van der Waals surface area contributed by atoms with Crippen LogP contribution in [-0.2, 0) is 9.53 Å². The van der Waals surface area contributed by atoms with Crippen LogP contribution < -0.4 is 14.8 Å². The van der Waals surface area contributed by atoms with Crippen molar-refractivity contribution in [2.75, 3.05) is 18.4 Å². The maximum Gasteiger partial charge on any atom is 0.340 e. The number of hydrogen-bond donors (Lipinski definition) is 1. The second kappa shape index (κ2) is 7.88. The summed E-state index contributed by atoms with van der Waals surface area (Å²) in [6, 6.07) is 10.1. The first-order chi connectivity index (χ1) is 12.5. The zero-order chi connectivity index (χ0) is 18.7. The molecule has 0 unspecified atom stereocenters. The van der Waals surface area contributed by atoms with Crippen LogP contribution in [0.15, 0.2) is 41.3 Å². The third-order valence-electron chi connectivity index (χ3n) is 3.69. The number of benzene rings is 2. The first-order valence-corrected chi connectivity index (χ1v) is 9.33. The monoisotopic (exact) mass is 393 g/mol. The molecule has 0 saturated heterocycles. The number of hydrogen-bond acceptors (Lipinski definition) is 6. The number of fused-ring (bicyclic) bond motifs is 1. The molecule has 0 bridgehead atoms. The Balaban J connectivity index is 1.64. The number of anilines is 1. The SMILES string of the molecule is CSc1ccc(Cl)c(C(=O)O[C@H](C)C(=O)Nc2ccc3c(c2)OCO3)c1. The van der Waals surface area contributed by atoms with E-state index in [0.29, 0.717) is 17.2 Å². The lowest BCUT2D eigenvalue weighted by Gasteiger charge is -2.14. The summed E-state index contributed by atoms with van der Waals surface area (Å²) in [6.45, 7) is 1.64. The molecule has 8 heteroatoms. The normalized spacial score (nSPS) is 13.2. The molecule has 0 aromatic heterocycles. The van der Waals surface area contributed by atoms with E-state index < -0.39 is 18.0 Å². The second-order valence-electron chi connectivity index (χ2n) is 5.45. The summed E-state index contributed by atoms with van der Waals surface area (Å²) in [7, 11) is 0. The summed E-state index contributed by atoms with van der Waals surface area (Å²) in [6.07, 6.45) is 0.890. The Bertz CT molecular complexity index is 857. The number of carbonyl (C=O) groups excluding carboxylic acids is 2. The lowest BCUT2D eigenvalue weighted by molar-refractivity contribution is -0.123. The van der Waals surface area contributed by atoms with Gasteiger partial charge < -0.3 is 19.5 Å². The first kappa shape index (κ1) is 18.4. The van der Waals surface area contributed by atoms with E-state index in [1.165, 1.54) is 18.7 Å². The van der Waals surface area contributed by atoms with Gasteiger partial charge in [0.25, 0.3) is 5.91 Å². The Kier molecular flexibility index (Phi) is 5.58. The molecule has 0 fully saturated rings. The topological polar surface area (TPSA) is 73.9 Å². The van der Waals surface area contributed by atoms with E-state index >= 15 is 0 Å². The van der Waals surface area contributed by atoms with E-state index in [0.717, 1.165) is 4.90 Å². The Labute approximate surface area is 159 Å². The average molecular weight is 394 g/mol. The van der Waals surface area contributed by atoms with Gasteiger partial charge in [0.1, 0.15) is 0 Å². The van der Waals surface area contributed by atoms with Crippen LogP contribution in [0.5, 0.6) is 11.5 Å². The summed E-state index contributed by atoms with van der Waals surface area (Å²) < 4.78 is 15.7. The zero-order valence-electron chi connectivity index (χ0n) is 14.1. The maximum absolute atomic E-state index is 12.3. The molecule has 0 spiro atoms. The van der Waals surface area contributed by atoms with Gasteiger partial charge in [-0.2, -0.15) is 0 Å². The van der Waals surface area contributed by atoms with E-state index in [1.807, 2.05) is 6.26 Å². The van der Waals surface area contributed by atoms with Crippen LogP contribution in [0.1, 0.15) is 17.3 Å². The van der Waals surface area contributed by atoms with E-state index in [9.17, 15) is 9.59 Å². The minimum Gasteiger partial charge on any atom is -0.454 e. The quantitative estimate of drug-likeness (QED) is 0.612. The van der Waals surface area contributed by atoms with Crippen molar-refractivity contribution < 1.29 is 23.8 Å². The van der Waals surface area contributed by atoms with Gasteiger partial charge in [0, 0.05) is 16.6 Å². The number of esters is 1. The van der Waals surface area contributed by atoms with Crippen LogP contribution in [0.4, 0.5) is 5.69 Å². The maximum atomic E-state index is 12.3. The lowest BCUT2D eigenvalue weighted by Crippen LogP contribution is -2.30. The fourth-order valence-electron chi connectivity index (χ4n) is 2.28. The smallest absolute Gasteiger partial charge is 0.340 e. The summed E-state index contributed by atoms with van der Waals surface area (Å²) in [5.41, 5.74) is 0.741. The van der Waals surface area contributed by atoms with Crippen molar-refractivity contribution in [3.8, 4) is 11.5 Å². The fourth-order valence-corrected chi connectivity index (χ4v) is 2.92. The third-order valence-corrected chi connectivity index (χ3v) is 4.74. The van der Waals surface area contributed by atoms with Gasteiger partial charge in [0.2, 0.25) is 6.79 Å². The van der Waals surface area contributed by atoms with E-state index in [1.54, 1.807) is 36.4 Å². The number of rotatable bonds is 5. The Morgan fingerprint density at radius 1 is 1.19 bits per heavy atom. The molecule has 1 N–H and O–H groups in total. The van der Waals surface area contributed by atoms with Gasteiger partial charge in [-0.1, -0.05) is 11.6 Å². The molecule has 1 amide bonds. The van der Waals surface area contributed by atoms with E-state index in [4.69, 9.17) is 25.8 Å². The molecule has 2 aromatic carbocycles. The average Bonchev–Trinajstić information content (AvgIpc) is 3.09. The van der Waals surface area contributed by atoms with Gasteiger partial charge in [-0.25, -0.2) is 4.79 Å². The highest BCUT2D eigenvalue weighted by Crippen LogP contribution is 2.34. The third kappa shape index (κ3) is 4.05. The molecule has 1 aliphatic rings. The van der Waals surface area contributed by atoms with Crippen molar-refractivity contribution in [3.63, 3.8) is 0 Å². The molecule has 1 atom stereocenters. The van der Waals surface area contributed by atoms with Crippen LogP contribution in [0.2, 0.25) is 5.02 Å². The Hall–Kier alpha value is -2.38. The molecule has 3 rings (SSSR count). The summed E-state index contributed by atoms with van der Waals surface area (Å²) in [5, 5.41) is 2.95. The molecule has 0 saturated carbocycles. The number of amides is 1. The van der Waals surface area contributed by atoms with Crippen LogP contribution in [0.3, 0.4) is 0 Å². The zero-order valence-corrected chi connectivity index (χ0v) is 15.6. The van der Waals surface area contributed by atoms with Crippen LogP contribution in [0.25, 0.3) is 0 Å². The molecule has 136 valence electrons.